The van der Waals surface area contributed by atoms with E-state index in [2.05, 4.69) is 11.3 Å². The summed E-state index contributed by atoms with van der Waals surface area (Å²) in [6, 6.07) is 9.86. The van der Waals surface area contributed by atoms with Gasteiger partial charge in [-0.1, -0.05) is 24.8 Å². The molecule has 0 unspecified atom stereocenters. The largest absolute Gasteiger partial charge is 0.338 e. The minimum atomic E-state index is -3.40. The normalized spacial score (nSPS) is 18.4. The second-order valence-corrected chi connectivity index (χ2v) is 8.41. The van der Waals surface area contributed by atoms with Crippen LogP contribution in [-0.4, -0.2) is 38.9 Å². The molecule has 0 spiro atoms. The highest BCUT2D eigenvalue weighted by molar-refractivity contribution is 7.92. The van der Waals surface area contributed by atoms with Crippen LogP contribution in [0.4, 0.5) is 0 Å². The first-order valence-electron chi connectivity index (χ1n) is 7.38. The van der Waals surface area contributed by atoms with Crippen molar-refractivity contribution in [2.75, 3.05) is 19.6 Å². The van der Waals surface area contributed by atoms with Crippen LogP contribution in [0.5, 0.6) is 0 Å². The van der Waals surface area contributed by atoms with Gasteiger partial charge in [-0.2, -0.15) is 0 Å². The second kappa shape index (κ2) is 6.43. The van der Waals surface area contributed by atoms with Crippen molar-refractivity contribution in [3.8, 4) is 0 Å². The number of likely N-dealkylation sites (tertiary alicyclic amines) is 1. The second-order valence-electron chi connectivity index (χ2n) is 5.61. The van der Waals surface area contributed by atoms with Crippen molar-refractivity contribution in [1.82, 2.24) is 9.62 Å². The van der Waals surface area contributed by atoms with Gasteiger partial charge < -0.3 is 4.90 Å². The van der Waals surface area contributed by atoms with Crippen LogP contribution in [0, 0.1) is 5.92 Å². The number of hydrogen-bond donors (Lipinski definition) is 1. The van der Waals surface area contributed by atoms with Crippen LogP contribution in [0.3, 0.4) is 0 Å². The minimum absolute atomic E-state index is 0.0280. The topological polar surface area (TPSA) is 66.5 Å². The Morgan fingerprint density at radius 1 is 1.43 bits per heavy atom. The Hall–Kier alpha value is -1.70. The molecule has 0 radical (unpaired) electrons. The standard InChI is InChI=1S/C16H18N2O3S2/c1-2-23(20,21)17-10-12-7-8-18(11-12)16(19)15-9-13-5-3-4-6-14(13)22-15/h2-6,9,12,17H,1,7-8,10-11H2/t12-/m1/s1. The van der Waals surface area contributed by atoms with Gasteiger partial charge >= 0.3 is 0 Å². The van der Waals surface area contributed by atoms with Crippen LogP contribution in [0.1, 0.15) is 16.1 Å². The summed E-state index contributed by atoms with van der Waals surface area (Å²) in [5, 5.41) is 1.98. The SMILES string of the molecule is C=CS(=O)(=O)NC[C@H]1CCN(C(=O)c2cc3ccccc3s2)C1. The maximum Gasteiger partial charge on any atom is 0.263 e. The summed E-state index contributed by atoms with van der Waals surface area (Å²) in [4.78, 5) is 15.1. The van der Waals surface area contributed by atoms with Gasteiger partial charge in [0.25, 0.3) is 5.91 Å². The third-order valence-electron chi connectivity index (χ3n) is 4.00. The molecule has 122 valence electrons. The Morgan fingerprint density at radius 2 is 2.22 bits per heavy atom. The van der Waals surface area contributed by atoms with Gasteiger partial charge in [-0.05, 0) is 29.9 Å². The first-order chi connectivity index (χ1) is 11.0. The molecule has 23 heavy (non-hydrogen) atoms. The average Bonchev–Trinajstić information content (AvgIpc) is 3.19. The van der Waals surface area contributed by atoms with Crippen LogP contribution in [0.15, 0.2) is 42.3 Å². The van der Waals surface area contributed by atoms with E-state index in [1.165, 1.54) is 11.3 Å². The van der Waals surface area contributed by atoms with Crippen molar-refractivity contribution in [1.29, 1.82) is 0 Å². The van der Waals surface area contributed by atoms with Gasteiger partial charge in [0, 0.05) is 29.7 Å². The molecule has 2 heterocycles. The zero-order valence-corrected chi connectivity index (χ0v) is 14.2. The fourth-order valence-corrected chi connectivity index (χ4v) is 4.34. The first-order valence-corrected chi connectivity index (χ1v) is 9.75. The van der Waals surface area contributed by atoms with Crippen LogP contribution in [0.25, 0.3) is 10.1 Å². The van der Waals surface area contributed by atoms with Crippen molar-refractivity contribution >= 4 is 37.4 Å². The van der Waals surface area contributed by atoms with Gasteiger partial charge in [0.05, 0.1) is 4.88 Å². The molecule has 2 aromatic rings. The van der Waals surface area contributed by atoms with E-state index >= 15 is 0 Å². The number of carbonyl (C=O) groups is 1. The summed E-state index contributed by atoms with van der Waals surface area (Å²) in [5.74, 6) is 0.170. The smallest absolute Gasteiger partial charge is 0.263 e. The van der Waals surface area contributed by atoms with Gasteiger partial charge in [-0.3, -0.25) is 4.79 Å². The summed E-state index contributed by atoms with van der Waals surface area (Å²) in [6.45, 7) is 4.84. The third-order valence-corrected chi connectivity index (χ3v) is 6.11. The molecule has 1 atom stereocenters. The number of hydrogen-bond acceptors (Lipinski definition) is 4. The lowest BCUT2D eigenvalue weighted by Crippen LogP contribution is -2.32. The van der Waals surface area contributed by atoms with E-state index in [4.69, 9.17) is 0 Å². The Morgan fingerprint density at radius 3 is 2.96 bits per heavy atom. The highest BCUT2D eigenvalue weighted by atomic mass is 32.2. The Kier molecular flexibility index (Phi) is 4.52. The maximum atomic E-state index is 12.6. The van der Waals surface area contributed by atoms with Gasteiger partial charge in [-0.15, -0.1) is 11.3 Å². The summed E-state index contributed by atoms with van der Waals surface area (Å²) in [5.41, 5.74) is 0. The van der Waals surface area contributed by atoms with E-state index in [0.717, 1.165) is 26.8 Å². The van der Waals surface area contributed by atoms with Crippen molar-refractivity contribution < 1.29 is 13.2 Å². The summed E-state index contributed by atoms with van der Waals surface area (Å²) >= 11 is 1.50. The first kappa shape index (κ1) is 16.2. The van der Waals surface area contributed by atoms with Crippen molar-refractivity contribution in [3.05, 3.63) is 47.2 Å². The Labute approximate surface area is 139 Å². The van der Waals surface area contributed by atoms with Gasteiger partial charge in [0.15, 0.2) is 0 Å². The van der Waals surface area contributed by atoms with Gasteiger partial charge in [-0.25, -0.2) is 13.1 Å². The molecule has 3 rings (SSSR count). The van der Waals surface area contributed by atoms with Crippen molar-refractivity contribution in [2.24, 2.45) is 5.92 Å². The van der Waals surface area contributed by atoms with E-state index in [1.54, 1.807) is 4.90 Å². The molecule has 1 N–H and O–H groups in total. The quantitative estimate of drug-likeness (QED) is 0.901. The molecule has 1 fully saturated rings. The summed E-state index contributed by atoms with van der Waals surface area (Å²) < 4.78 is 26.4. The number of sulfonamides is 1. The molecular formula is C16H18N2O3S2. The van der Waals surface area contributed by atoms with Crippen LogP contribution in [-0.2, 0) is 10.0 Å². The molecule has 0 aliphatic carbocycles. The number of amides is 1. The zero-order valence-electron chi connectivity index (χ0n) is 12.6. The molecule has 0 saturated carbocycles. The van der Waals surface area contributed by atoms with E-state index in [1.807, 2.05) is 30.3 Å². The minimum Gasteiger partial charge on any atom is -0.338 e. The number of thiophene rings is 1. The molecule has 1 aromatic carbocycles. The zero-order chi connectivity index (χ0) is 16.4. The van der Waals surface area contributed by atoms with E-state index in [0.29, 0.717) is 19.6 Å². The monoisotopic (exact) mass is 350 g/mol. The van der Waals surface area contributed by atoms with E-state index < -0.39 is 10.0 Å². The molecule has 5 nitrogen and oxygen atoms in total. The maximum absolute atomic E-state index is 12.6. The van der Waals surface area contributed by atoms with Gasteiger partial charge in [0.2, 0.25) is 10.0 Å². The molecular weight excluding hydrogens is 332 g/mol. The molecule has 1 aromatic heterocycles. The highest BCUT2D eigenvalue weighted by Crippen LogP contribution is 2.28. The highest BCUT2D eigenvalue weighted by Gasteiger charge is 2.28. The molecule has 1 aliphatic rings. The fraction of sp³-hybridized carbons (Fsp3) is 0.312. The molecule has 1 amide bonds. The average molecular weight is 350 g/mol. The van der Waals surface area contributed by atoms with Crippen molar-refractivity contribution in [3.63, 3.8) is 0 Å². The molecule has 0 bridgehead atoms. The fourth-order valence-electron chi connectivity index (χ4n) is 2.72. The predicted molar refractivity (Wildman–Crippen MR) is 93.0 cm³/mol. The van der Waals surface area contributed by atoms with Crippen LogP contribution in [0.2, 0.25) is 0 Å². The summed E-state index contributed by atoms with van der Waals surface area (Å²) in [6.07, 6.45) is 0.802. The van der Waals surface area contributed by atoms with Crippen molar-refractivity contribution in [2.45, 2.75) is 6.42 Å². The number of benzene rings is 1. The van der Waals surface area contributed by atoms with Gasteiger partial charge in [0.1, 0.15) is 0 Å². The third kappa shape index (κ3) is 3.63. The van der Waals surface area contributed by atoms with E-state index in [-0.39, 0.29) is 11.8 Å². The van der Waals surface area contributed by atoms with Crippen LogP contribution < -0.4 is 4.72 Å². The number of carbonyl (C=O) groups excluding carboxylic acids is 1. The Balaban J connectivity index is 1.64. The lowest BCUT2D eigenvalue weighted by Gasteiger charge is -2.15. The lowest BCUT2D eigenvalue weighted by molar-refractivity contribution is 0.0792. The molecule has 7 heteroatoms. The number of fused-ring (bicyclic) bond motifs is 1. The molecule has 1 saturated heterocycles. The predicted octanol–water partition coefficient (Wildman–Crippen LogP) is 2.43. The number of nitrogens with one attached hydrogen (secondary N) is 1. The van der Waals surface area contributed by atoms with E-state index in [9.17, 15) is 13.2 Å². The molecule has 1 aliphatic heterocycles. The van der Waals surface area contributed by atoms with Crippen LogP contribution >= 0.6 is 11.3 Å². The Bertz CT molecular complexity index is 809. The number of rotatable bonds is 5. The lowest BCUT2D eigenvalue weighted by atomic mass is 10.1. The number of nitrogens with zero attached hydrogens (tertiary/aromatic N) is 1. The summed E-state index contributed by atoms with van der Waals surface area (Å²) in [7, 11) is -3.40.